The predicted molar refractivity (Wildman–Crippen MR) is 69.9 cm³/mol. The summed E-state index contributed by atoms with van der Waals surface area (Å²) in [5.74, 6) is 0.289. The molecule has 1 saturated heterocycles. The summed E-state index contributed by atoms with van der Waals surface area (Å²) in [6, 6.07) is 1.75. The van der Waals surface area contributed by atoms with Gasteiger partial charge in [0.05, 0.1) is 4.92 Å². The van der Waals surface area contributed by atoms with Gasteiger partial charge in [-0.3, -0.25) is 10.1 Å². The van der Waals surface area contributed by atoms with Gasteiger partial charge in [-0.05, 0) is 18.9 Å². The summed E-state index contributed by atoms with van der Waals surface area (Å²) >= 11 is 0. The lowest BCUT2D eigenvalue weighted by Gasteiger charge is -2.32. The van der Waals surface area contributed by atoms with E-state index < -0.39 is 4.92 Å². The first-order valence-corrected chi connectivity index (χ1v) is 5.95. The van der Waals surface area contributed by atoms with Crippen molar-refractivity contribution in [3.05, 3.63) is 22.4 Å². The summed E-state index contributed by atoms with van der Waals surface area (Å²) in [5, 5.41) is 14.0. The van der Waals surface area contributed by atoms with E-state index >= 15 is 0 Å². The molecule has 0 saturated carbocycles. The Kier molecular flexibility index (Phi) is 3.61. The monoisotopic (exact) mass is 251 g/mol. The molecule has 0 aliphatic carbocycles. The molecular weight excluding hydrogens is 234 g/mol. The third-order valence-electron chi connectivity index (χ3n) is 3.12. The fourth-order valence-corrected chi connectivity index (χ4v) is 2.29. The molecule has 18 heavy (non-hydrogen) atoms. The molecular formula is C11H17N5O2. The van der Waals surface area contributed by atoms with Gasteiger partial charge in [0, 0.05) is 32.4 Å². The zero-order valence-corrected chi connectivity index (χ0v) is 10.3. The summed E-state index contributed by atoms with van der Waals surface area (Å²) in [5.41, 5.74) is 6.53. The van der Waals surface area contributed by atoms with Crippen LogP contribution in [0.4, 0.5) is 17.2 Å². The molecule has 0 spiro atoms. The molecule has 0 unspecified atom stereocenters. The number of rotatable bonds is 3. The van der Waals surface area contributed by atoms with Crippen molar-refractivity contribution >= 4 is 17.2 Å². The SMILES string of the molecule is CNc1nccc(N2CCC[C@@H](N)C2)c1[N+](=O)[O-]. The van der Waals surface area contributed by atoms with E-state index in [1.165, 1.54) is 0 Å². The number of aromatic nitrogens is 1. The molecule has 1 aliphatic heterocycles. The van der Waals surface area contributed by atoms with E-state index in [0.29, 0.717) is 12.2 Å². The summed E-state index contributed by atoms with van der Waals surface area (Å²) in [6.07, 6.45) is 3.50. The van der Waals surface area contributed by atoms with Gasteiger partial charge in [-0.1, -0.05) is 0 Å². The molecule has 1 atom stereocenters. The molecule has 0 bridgehead atoms. The Balaban J connectivity index is 2.40. The minimum atomic E-state index is -0.395. The molecule has 3 N–H and O–H groups in total. The number of nitrogens with zero attached hydrogens (tertiary/aromatic N) is 3. The number of nitrogens with two attached hydrogens (primary N) is 1. The van der Waals surface area contributed by atoms with Gasteiger partial charge in [-0.2, -0.15) is 0 Å². The summed E-state index contributed by atoms with van der Waals surface area (Å²) in [6.45, 7) is 1.44. The van der Waals surface area contributed by atoms with Crippen molar-refractivity contribution in [2.45, 2.75) is 18.9 Å². The lowest BCUT2D eigenvalue weighted by atomic mass is 10.1. The van der Waals surface area contributed by atoms with E-state index in [4.69, 9.17) is 5.73 Å². The van der Waals surface area contributed by atoms with Crippen LogP contribution < -0.4 is 16.0 Å². The highest BCUT2D eigenvalue weighted by Crippen LogP contribution is 2.34. The van der Waals surface area contributed by atoms with Crippen LogP contribution in [0.2, 0.25) is 0 Å². The fraction of sp³-hybridized carbons (Fsp3) is 0.545. The second kappa shape index (κ2) is 5.18. The molecule has 1 aromatic heterocycles. The third-order valence-corrected chi connectivity index (χ3v) is 3.12. The molecule has 1 aliphatic rings. The smallest absolute Gasteiger partial charge is 0.334 e. The van der Waals surface area contributed by atoms with Crippen LogP contribution >= 0.6 is 0 Å². The quantitative estimate of drug-likeness (QED) is 0.613. The minimum absolute atomic E-state index is 0.0223. The fourth-order valence-electron chi connectivity index (χ4n) is 2.29. The molecule has 1 aromatic rings. The van der Waals surface area contributed by atoms with Gasteiger partial charge in [-0.15, -0.1) is 0 Å². The van der Waals surface area contributed by atoms with Crippen molar-refractivity contribution in [2.75, 3.05) is 30.4 Å². The lowest BCUT2D eigenvalue weighted by molar-refractivity contribution is -0.383. The number of pyridine rings is 1. The molecule has 1 fully saturated rings. The Morgan fingerprint density at radius 1 is 1.67 bits per heavy atom. The van der Waals surface area contributed by atoms with Gasteiger partial charge in [-0.25, -0.2) is 4.98 Å². The highest BCUT2D eigenvalue weighted by atomic mass is 16.6. The van der Waals surface area contributed by atoms with E-state index in [1.54, 1.807) is 19.3 Å². The van der Waals surface area contributed by atoms with Crippen LogP contribution in [0, 0.1) is 10.1 Å². The Hall–Kier alpha value is -1.89. The molecule has 0 radical (unpaired) electrons. The summed E-state index contributed by atoms with van der Waals surface area (Å²) in [4.78, 5) is 16.7. The van der Waals surface area contributed by atoms with E-state index in [9.17, 15) is 10.1 Å². The van der Waals surface area contributed by atoms with E-state index in [-0.39, 0.29) is 17.5 Å². The molecule has 98 valence electrons. The molecule has 2 heterocycles. The lowest BCUT2D eigenvalue weighted by Crippen LogP contribution is -2.43. The number of hydrogen-bond acceptors (Lipinski definition) is 6. The number of piperidine rings is 1. The molecule has 0 aromatic carbocycles. The zero-order chi connectivity index (χ0) is 13.1. The maximum absolute atomic E-state index is 11.2. The van der Waals surface area contributed by atoms with Crippen molar-refractivity contribution < 1.29 is 4.92 Å². The molecule has 0 amide bonds. The second-order valence-corrected chi connectivity index (χ2v) is 4.38. The van der Waals surface area contributed by atoms with Crippen LogP contribution in [0.1, 0.15) is 12.8 Å². The number of hydrogen-bond donors (Lipinski definition) is 2. The van der Waals surface area contributed by atoms with E-state index in [0.717, 1.165) is 19.4 Å². The van der Waals surface area contributed by atoms with Crippen molar-refractivity contribution in [1.29, 1.82) is 0 Å². The zero-order valence-electron chi connectivity index (χ0n) is 10.3. The van der Waals surface area contributed by atoms with Crippen LogP contribution in [-0.2, 0) is 0 Å². The van der Waals surface area contributed by atoms with E-state index in [2.05, 4.69) is 10.3 Å². The van der Waals surface area contributed by atoms with Gasteiger partial charge >= 0.3 is 5.69 Å². The average molecular weight is 251 g/mol. The first-order valence-electron chi connectivity index (χ1n) is 5.95. The highest BCUT2D eigenvalue weighted by Gasteiger charge is 2.27. The molecule has 7 nitrogen and oxygen atoms in total. The van der Waals surface area contributed by atoms with Crippen molar-refractivity contribution in [3.8, 4) is 0 Å². The van der Waals surface area contributed by atoms with E-state index in [1.807, 2.05) is 4.90 Å². The normalized spacial score (nSPS) is 19.7. The molecule has 2 rings (SSSR count). The number of anilines is 2. The van der Waals surface area contributed by atoms with Crippen LogP contribution in [0.5, 0.6) is 0 Å². The van der Waals surface area contributed by atoms with Crippen molar-refractivity contribution in [1.82, 2.24) is 4.98 Å². The Morgan fingerprint density at radius 3 is 3.06 bits per heavy atom. The van der Waals surface area contributed by atoms with Gasteiger partial charge in [0.15, 0.2) is 0 Å². The van der Waals surface area contributed by atoms with Crippen molar-refractivity contribution in [3.63, 3.8) is 0 Å². The van der Waals surface area contributed by atoms with Crippen LogP contribution in [0.3, 0.4) is 0 Å². The minimum Gasteiger partial charge on any atom is -0.367 e. The highest BCUT2D eigenvalue weighted by molar-refractivity contribution is 5.73. The van der Waals surface area contributed by atoms with Crippen LogP contribution in [0.25, 0.3) is 0 Å². The predicted octanol–water partition coefficient (Wildman–Crippen LogP) is 0.959. The number of nitrogens with one attached hydrogen (secondary N) is 1. The summed E-state index contributed by atoms with van der Waals surface area (Å²) < 4.78 is 0. The Bertz CT molecular complexity index is 451. The number of nitro groups is 1. The van der Waals surface area contributed by atoms with Crippen LogP contribution in [0.15, 0.2) is 12.3 Å². The first-order chi connectivity index (χ1) is 8.63. The standard InChI is InChI=1S/C11H17N5O2/c1-13-11-10(16(17)18)9(4-5-14-11)15-6-2-3-8(12)7-15/h4-5,8H,2-3,6-7,12H2,1H3,(H,13,14)/t8-/m1/s1. The van der Waals surface area contributed by atoms with Crippen molar-refractivity contribution in [2.24, 2.45) is 5.73 Å². The topological polar surface area (TPSA) is 97.3 Å². The van der Waals surface area contributed by atoms with Gasteiger partial charge in [0.1, 0.15) is 5.69 Å². The Morgan fingerprint density at radius 2 is 2.44 bits per heavy atom. The average Bonchev–Trinajstić information content (AvgIpc) is 2.37. The third kappa shape index (κ3) is 2.35. The Labute approximate surface area is 105 Å². The summed E-state index contributed by atoms with van der Waals surface area (Å²) in [7, 11) is 1.63. The van der Waals surface area contributed by atoms with Gasteiger partial charge in [0.25, 0.3) is 0 Å². The second-order valence-electron chi connectivity index (χ2n) is 4.38. The molecule has 7 heteroatoms. The maximum Gasteiger partial charge on any atom is 0.334 e. The maximum atomic E-state index is 11.2. The van der Waals surface area contributed by atoms with Gasteiger partial charge in [0.2, 0.25) is 5.82 Å². The largest absolute Gasteiger partial charge is 0.367 e. The van der Waals surface area contributed by atoms with Crippen LogP contribution in [-0.4, -0.2) is 36.1 Å². The van der Waals surface area contributed by atoms with Gasteiger partial charge < -0.3 is 16.0 Å². The first kappa shape index (κ1) is 12.6.